The normalized spacial score (nSPS) is 11.2. The molecule has 0 aliphatic carbocycles. The van der Waals surface area contributed by atoms with Crippen molar-refractivity contribution in [3.05, 3.63) is 54.5 Å². The fourth-order valence-electron chi connectivity index (χ4n) is 2.63. The van der Waals surface area contributed by atoms with Gasteiger partial charge in [-0.25, -0.2) is 0 Å². The van der Waals surface area contributed by atoms with Crippen molar-refractivity contribution in [3.8, 4) is 0 Å². The van der Waals surface area contributed by atoms with E-state index in [4.69, 9.17) is 5.10 Å². The monoisotopic (exact) mass is 354 g/mol. The molecule has 130 valence electrons. The average molecular weight is 354 g/mol. The average Bonchev–Trinajstić information content (AvgIpc) is 2.96. The van der Waals surface area contributed by atoms with Crippen LogP contribution in [0.1, 0.15) is 19.5 Å². The first kappa shape index (κ1) is 17.5. The molecule has 25 heavy (non-hydrogen) atoms. The summed E-state index contributed by atoms with van der Waals surface area (Å²) in [7, 11) is 0. The molecule has 1 N–H and O–H groups in total. The standard InChI is InChI=1S/C19H22N4OS/c1-14(2)12-23-18-6-4-3-5-16(18)17(22-23)11-21-19(24)13-25-15-7-9-20-10-8-15/h3-10,14H,11-13H2,1-2H3,(H,21,24). The number of para-hydroxylation sites is 1. The van der Waals surface area contributed by atoms with Crippen molar-refractivity contribution in [1.82, 2.24) is 20.1 Å². The number of rotatable bonds is 7. The molecule has 6 heteroatoms. The van der Waals surface area contributed by atoms with Crippen molar-refractivity contribution in [3.63, 3.8) is 0 Å². The zero-order valence-corrected chi connectivity index (χ0v) is 15.3. The molecule has 0 atom stereocenters. The molecule has 3 rings (SSSR count). The maximum Gasteiger partial charge on any atom is 0.230 e. The summed E-state index contributed by atoms with van der Waals surface area (Å²) in [5, 5.41) is 8.79. The van der Waals surface area contributed by atoms with Gasteiger partial charge in [0.15, 0.2) is 0 Å². The highest BCUT2D eigenvalue weighted by molar-refractivity contribution is 8.00. The Morgan fingerprint density at radius 3 is 2.72 bits per heavy atom. The van der Waals surface area contributed by atoms with Crippen LogP contribution >= 0.6 is 11.8 Å². The molecule has 0 aliphatic rings. The van der Waals surface area contributed by atoms with Gasteiger partial charge in [-0.2, -0.15) is 5.10 Å². The van der Waals surface area contributed by atoms with E-state index in [9.17, 15) is 4.79 Å². The summed E-state index contributed by atoms with van der Waals surface area (Å²) in [5.41, 5.74) is 2.03. The van der Waals surface area contributed by atoms with E-state index in [1.54, 1.807) is 12.4 Å². The number of hydrogen-bond acceptors (Lipinski definition) is 4. The van der Waals surface area contributed by atoms with Crippen molar-refractivity contribution in [2.45, 2.75) is 31.8 Å². The van der Waals surface area contributed by atoms with E-state index in [1.165, 1.54) is 11.8 Å². The minimum Gasteiger partial charge on any atom is -0.350 e. The van der Waals surface area contributed by atoms with E-state index in [-0.39, 0.29) is 5.91 Å². The van der Waals surface area contributed by atoms with E-state index < -0.39 is 0 Å². The molecule has 3 aromatic rings. The molecule has 2 aromatic heterocycles. The van der Waals surface area contributed by atoms with Crippen LogP contribution in [-0.4, -0.2) is 26.4 Å². The van der Waals surface area contributed by atoms with Crippen LogP contribution in [-0.2, 0) is 17.9 Å². The van der Waals surface area contributed by atoms with Crippen LogP contribution < -0.4 is 5.32 Å². The first-order valence-electron chi connectivity index (χ1n) is 8.37. The molecule has 1 amide bonds. The molecule has 0 fully saturated rings. The number of amides is 1. The summed E-state index contributed by atoms with van der Waals surface area (Å²) in [6.45, 7) is 5.66. The summed E-state index contributed by atoms with van der Waals surface area (Å²) < 4.78 is 2.03. The molecular formula is C19H22N4OS. The largest absolute Gasteiger partial charge is 0.350 e. The van der Waals surface area contributed by atoms with Crippen molar-refractivity contribution >= 4 is 28.6 Å². The summed E-state index contributed by atoms with van der Waals surface area (Å²) in [4.78, 5) is 17.1. The third-order valence-corrected chi connectivity index (χ3v) is 4.76. The number of fused-ring (bicyclic) bond motifs is 1. The lowest BCUT2D eigenvalue weighted by Crippen LogP contribution is -2.25. The van der Waals surface area contributed by atoms with Gasteiger partial charge in [-0.05, 0) is 24.1 Å². The van der Waals surface area contributed by atoms with Crippen molar-refractivity contribution in [2.75, 3.05) is 5.75 Å². The predicted molar refractivity (Wildman–Crippen MR) is 101 cm³/mol. The van der Waals surface area contributed by atoms with E-state index in [2.05, 4.69) is 36.3 Å². The van der Waals surface area contributed by atoms with Gasteiger partial charge in [-0.1, -0.05) is 32.0 Å². The Bertz CT molecular complexity index is 845. The second-order valence-electron chi connectivity index (χ2n) is 6.29. The summed E-state index contributed by atoms with van der Waals surface area (Å²) in [6.07, 6.45) is 3.46. The Labute approximate surface area is 151 Å². The number of nitrogens with one attached hydrogen (secondary N) is 1. The Balaban J connectivity index is 1.63. The SMILES string of the molecule is CC(C)Cn1nc(CNC(=O)CSc2ccncc2)c2ccccc21. The van der Waals surface area contributed by atoms with Crippen LogP contribution in [0.5, 0.6) is 0 Å². The Kier molecular flexibility index (Phi) is 5.71. The highest BCUT2D eigenvalue weighted by Crippen LogP contribution is 2.20. The molecular weight excluding hydrogens is 332 g/mol. The zero-order chi connectivity index (χ0) is 17.6. The second-order valence-corrected chi connectivity index (χ2v) is 7.34. The number of nitrogens with zero attached hydrogens (tertiary/aromatic N) is 3. The number of carbonyl (C=O) groups excluding carboxylic acids is 1. The van der Waals surface area contributed by atoms with Crippen LogP contribution in [0.15, 0.2) is 53.7 Å². The van der Waals surface area contributed by atoms with Crippen LogP contribution in [0.3, 0.4) is 0 Å². The number of carbonyl (C=O) groups is 1. The fraction of sp³-hybridized carbons (Fsp3) is 0.316. The van der Waals surface area contributed by atoms with Gasteiger partial charge in [0.05, 0.1) is 23.5 Å². The topological polar surface area (TPSA) is 59.8 Å². The lowest BCUT2D eigenvalue weighted by Gasteiger charge is -2.06. The molecule has 1 aromatic carbocycles. The van der Waals surface area contributed by atoms with E-state index in [0.29, 0.717) is 18.2 Å². The fourth-order valence-corrected chi connectivity index (χ4v) is 3.34. The molecule has 0 aliphatic heterocycles. The lowest BCUT2D eigenvalue weighted by atomic mass is 10.2. The lowest BCUT2D eigenvalue weighted by molar-refractivity contribution is -0.118. The van der Waals surface area contributed by atoms with E-state index in [1.807, 2.05) is 28.9 Å². The number of benzene rings is 1. The van der Waals surface area contributed by atoms with Crippen LogP contribution in [0.2, 0.25) is 0 Å². The second kappa shape index (κ2) is 8.16. The number of pyridine rings is 1. The maximum atomic E-state index is 12.1. The van der Waals surface area contributed by atoms with Crippen LogP contribution in [0.25, 0.3) is 10.9 Å². The minimum absolute atomic E-state index is 0.00398. The van der Waals surface area contributed by atoms with Gasteiger partial charge in [-0.15, -0.1) is 11.8 Å². The molecule has 0 radical (unpaired) electrons. The molecule has 0 spiro atoms. The molecule has 5 nitrogen and oxygen atoms in total. The van der Waals surface area contributed by atoms with Gasteiger partial charge in [0.1, 0.15) is 0 Å². The van der Waals surface area contributed by atoms with Gasteiger partial charge in [0.2, 0.25) is 5.91 Å². The third kappa shape index (κ3) is 4.60. The van der Waals surface area contributed by atoms with Gasteiger partial charge in [0.25, 0.3) is 0 Å². The molecule has 0 unspecified atom stereocenters. The van der Waals surface area contributed by atoms with Gasteiger partial charge < -0.3 is 5.32 Å². The number of hydrogen-bond donors (Lipinski definition) is 1. The first-order valence-corrected chi connectivity index (χ1v) is 9.36. The molecule has 2 heterocycles. The maximum absolute atomic E-state index is 12.1. The van der Waals surface area contributed by atoms with Crippen LogP contribution in [0, 0.1) is 5.92 Å². The summed E-state index contributed by atoms with van der Waals surface area (Å²) in [5.74, 6) is 0.904. The Morgan fingerprint density at radius 1 is 1.20 bits per heavy atom. The summed E-state index contributed by atoms with van der Waals surface area (Å²) in [6, 6.07) is 12.0. The minimum atomic E-state index is 0.00398. The highest BCUT2D eigenvalue weighted by atomic mass is 32.2. The molecule has 0 bridgehead atoms. The Hall–Kier alpha value is -2.34. The van der Waals surface area contributed by atoms with Crippen molar-refractivity contribution < 1.29 is 4.79 Å². The number of thioether (sulfide) groups is 1. The number of aromatic nitrogens is 3. The molecule has 0 saturated carbocycles. The summed E-state index contributed by atoms with van der Waals surface area (Å²) >= 11 is 1.50. The van der Waals surface area contributed by atoms with E-state index in [0.717, 1.165) is 28.0 Å². The van der Waals surface area contributed by atoms with Crippen LogP contribution in [0.4, 0.5) is 0 Å². The zero-order valence-electron chi connectivity index (χ0n) is 14.5. The predicted octanol–water partition coefficient (Wildman–Crippen LogP) is 3.50. The van der Waals surface area contributed by atoms with E-state index >= 15 is 0 Å². The third-order valence-electron chi connectivity index (χ3n) is 3.75. The Morgan fingerprint density at radius 2 is 1.96 bits per heavy atom. The van der Waals surface area contributed by atoms with Gasteiger partial charge in [-0.3, -0.25) is 14.5 Å². The first-order chi connectivity index (χ1) is 12.1. The van der Waals surface area contributed by atoms with Crippen molar-refractivity contribution in [1.29, 1.82) is 0 Å². The smallest absolute Gasteiger partial charge is 0.230 e. The van der Waals surface area contributed by atoms with Gasteiger partial charge >= 0.3 is 0 Å². The highest BCUT2D eigenvalue weighted by Gasteiger charge is 2.12. The van der Waals surface area contributed by atoms with Crippen molar-refractivity contribution in [2.24, 2.45) is 5.92 Å². The van der Waals surface area contributed by atoms with Gasteiger partial charge in [0, 0.05) is 29.2 Å². The molecule has 0 saturated heterocycles. The quantitative estimate of drug-likeness (QED) is 0.660.